The van der Waals surface area contributed by atoms with Gasteiger partial charge in [-0.25, -0.2) is 12.7 Å². The van der Waals surface area contributed by atoms with Gasteiger partial charge in [0.1, 0.15) is 0 Å². The maximum Gasteiger partial charge on any atom is 0.242 e. The fourth-order valence-electron chi connectivity index (χ4n) is 2.45. The minimum Gasteiger partial charge on any atom is -0.325 e. The molecule has 2 aromatic carbocycles. The van der Waals surface area contributed by atoms with Crippen molar-refractivity contribution >= 4 is 21.6 Å². The second kappa shape index (κ2) is 8.93. The SMILES string of the molecule is CCN(CC(=O)Nc1ccc(S(=O)(=O)N(C)C)cc1)Cc1ccccc1. The Morgan fingerprint density at radius 1 is 1.00 bits per heavy atom. The van der Waals surface area contributed by atoms with Crippen LogP contribution in [0.2, 0.25) is 0 Å². The Hall–Kier alpha value is -2.22. The predicted molar refractivity (Wildman–Crippen MR) is 103 cm³/mol. The van der Waals surface area contributed by atoms with Crippen LogP contribution in [0, 0.1) is 0 Å². The van der Waals surface area contributed by atoms with Gasteiger partial charge in [-0.2, -0.15) is 0 Å². The summed E-state index contributed by atoms with van der Waals surface area (Å²) in [6, 6.07) is 16.2. The lowest BCUT2D eigenvalue weighted by Crippen LogP contribution is -2.32. The minimum absolute atomic E-state index is 0.133. The number of anilines is 1. The van der Waals surface area contributed by atoms with Crippen molar-refractivity contribution in [1.29, 1.82) is 0 Å². The normalized spacial score (nSPS) is 11.7. The number of sulfonamides is 1. The quantitative estimate of drug-likeness (QED) is 0.769. The van der Waals surface area contributed by atoms with Crippen molar-refractivity contribution < 1.29 is 13.2 Å². The van der Waals surface area contributed by atoms with Crippen LogP contribution in [0.1, 0.15) is 12.5 Å². The number of carbonyl (C=O) groups is 1. The number of nitrogens with zero attached hydrogens (tertiary/aromatic N) is 2. The first-order chi connectivity index (χ1) is 12.3. The van der Waals surface area contributed by atoms with Gasteiger partial charge in [0.05, 0.1) is 11.4 Å². The molecule has 0 spiro atoms. The topological polar surface area (TPSA) is 69.7 Å². The molecule has 26 heavy (non-hydrogen) atoms. The minimum atomic E-state index is -3.47. The molecule has 0 radical (unpaired) electrons. The molecule has 0 unspecified atom stereocenters. The number of amides is 1. The summed E-state index contributed by atoms with van der Waals surface area (Å²) >= 11 is 0. The average molecular weight is 375 g/mol. The van der Waals surface area contributed by atoms with E-state index in [0.717, 1.165) is 16.4 Å². The number of likely N-dealkylation sites (N-methyl/N-ethyl adjacent to an activating group) is 1. The molecule has 0 bridgehead atoms. The molecule has 0 atom stereocenters. The number of carbonyl (C=O) groups excluding carboxylic acids is 1. The molecular formula is C19H25N3O3S. The van der Waals surface area contributed by atoms with Crippen LogP contribution < -0.4 is 5.32 Å². The van der Waals surface area contributed by atoms with E-state index in [1.807, 2.05) is 42.2 Å². The van der Waals surface area contributed by atoms with E-state index < -0.39 is 10.0 Å². The Balaban J connectivity index is 1.96. The molecule has 0 aliphatic rings. The van der Waals surface area contributed by atoms with Gasteiger partial charge in [-0.15, -0.1) is 0 Å². The van der Waals surface area contributed by atoms with E-state index in [-0.39, 0.29) is 17.3 Å². The number of rotatable bonds is 8. The fourth-order valence-corrected chi connectivity index (χ4v) is 3.35. The first-order valence-electron chi connectivity index (χ1n) is 8.41. The zero-order valence-corrected chi connectivity index (χ0v) is 16.2. The first-order valence-corrected chi connectivity index (χ1v) is 9.85. The van der Waals surface area contributed by atoms with E-state index in [1.165, 1.54) is 26.2 Å². The lowest BCUT2D eigenvalue weighted by atomic mass is 10.2. The molecule has 0 aliphatic heterocycles. The summed E-state index contributed by atoms with van der Waals surface area (Å²) in [5, 5.41) is 2.81. The molecule has 6 nitrogen and oxygen atoms in total. The lowest BCUT2D eigenvalue weighted by Gasteiger charge is -2.20. The molecular weight excluding hydrogens is 350 g/mol. The Labute approximate surface area is 155 Å². The van der Waals surface area contributed by atoms with Gasteiger partial charge in [0, 0.05) is 26.3 Å². The molecule has 0 aliphatic carbocycles. The van der Waals surface area contributed by atoms with E-state index >= 15 is 0 Å². The van der Waals surface area contributed by atoms with Crippen molar-refractivity contribution in [1.82, 2.24) is 9.21 Å². The highest BCUT2D eigenvalue weighted by molar-refractivity contribution is 7.89. The van der Waals surface area contributed by atoms with E-state index in [9.17, 15) is 13.2 Å². The van der Waals surface area contributed by atoms with Crippen molar-refractivity contribution in [2.24, 2.45) is 0 Å². The van der Waals surface area contributed by atoms with E-state index in [0.29, 0.717) is 12.2 Å². The van der Waals surface area contributed by atoms with E-state index in [1.54, 1.807) is 12.1 Å². The van der Waals surface area contributed by atoms with E-state index in [4.69, 9.17) is 0 Å². The number of nitrogens with one attached hydrogen (secondary N) is 1. The summed E-state index contributed by atoms with van der Waals surface area (Å²) < 4.78 is 25.3. The zero-order chi connectivity index (χ0) is 19.2. The van der Waals surface area contributed by atoms with Gasteiger partial charge in [-0.05, 0) is 36.4 Å². The van der Waals surface area contributed by atoms with Gasteiger partial charge in [0.2, 0.25) is 15.9 Å². The van der Waals surface area contributed by atoms with Crippen LogP contribution in [0.3, 0.4) is 0 Å². The van der Waals surface area contributed by atoms with Crippen molar-refractivity contribution in [3.8, 4) is 0 Å². The molecule has 1 N–H and O–H groups in total. The van der Waals surface area contributed by atoms with Crippen molar-refractivity contribution in [2.45, 2.75) is 18.4 Å². The highest BCUT2D eigenvalue weighted by Crippen LogP contribution is 2.16. The smallest absolute Gasteiger partial charge is 0.242 e. The average Bonchev–Trinajstić information content (AvgIpc) is 2.62. The number of hydrogen-bond acceptors (Lipinski definition) is 4. The second-order valence-corrected chi connectivity index (χ2v) is 8.30. The molecule has 0 heterocycles. The summed E-state index contributed by atoms with van der Waals surface area (Å²) in [5.41, 5.74) is 1.73. The standard InChI is InChI=1S/C19H25N3O3S/c1-4-22(14-16-8-6-5-7-9-16)15-19(23)20-17-10-12-18(13-11-17)26(24,25)21(2)3/h5-13H,4,14-15H2,1-3H3,(H,20,23). The molecule has 2 aromatic rings. The zero-order valence-electron chi connectivity index (χ0n) is 15.3. The van der Waals surface area contributed by atoms with Crippen molar-refractivity contribution in [2.75, 3.05) is 32.5 Å². The third-order valence-electron chi connectivity index (χ3n) is 3.98. The summed E-state index contributed by atoms with van der Waals surface area (Å²) in [4.78, 5) is 14.5. The Kier molecular flexibility index (Phi) is 6.90. The van der Waals surface area contributed by atoms with E-state index in [2.05, 4.69) is 5.32 Å². The Morgan fingerprint density at radius 3 is 2.15 bits per heavy atom. The lowest BCUT2D eigenvalue weighted by molar-refractivity contribution is -0.117. The highest BCUT2D eigenvalue weighted by atomic mass is 32.2. The largest absolute Gasteiger partial charge is 0.325 e. The van der Waals surface area contributed by atoms with Gasteiger partial charge in [0.15, 0.2) is 0 Å². The van der Waals surface area contributed by atoms with Crippen molar-refractivity contribution in [3.63, 3.8) is 0 Å². The molecule has 0 aromatic heterocycles. The fraction of sp³-hybridized carbons (Fsp3) is 0.316. The van der Waals surface area contributed by atoms with Crippen LogP contribution in [-0.4, -0.2) is 50.7 Å². The summed E-state index contributed by atoms with van der Waals surface area (Å²) in [5.74, 6) is -0.133. The summed E-state index contributed by atoms with van der Waals surface area (Å²) in [6.45, 7) is 3.73. The maximum atomic E-state index is 12.3. The Bertz CT molecular complexity index is 819. The van der Waals surface area contributed by atoms with Gasteiger partial charge in [-0.1, -0.05) is 37.3 Å². The predicted octanol–water partition coefficient (Wildman–Crippen LogP) is 2.40. The van der Waals surface area contributed by atoms with Crippen LogP contribution in [0.5, 0.6) is 0 Å². The molecule has 1 amide bonds. The molecule has 7 heteroatoms. The number of benzene rings is 2. The third kappa shape index (κ3) is 5.39. The van der Waals surface area contributed by atoms with Crippen LogP contribution >= 0.6 is 0 Å². The monoisotopic (exact) mass is 375 g/mol. The third-order valence-corrected chi connectivity index (χ3v) is 5.81. The van der Waals surface area contributed by atoms with Crippen LogP contribution in [0.15, 0.2) is 59.5 Å². The number of hydrogen-bond donors (Lipinski definition) is 1. The molecule has 0 saturated carbocycles. The summed E-state index contributed by atoms with van der Waals surface area (Å²) in [7, 11) is -0.501. The van der Waals surface area contributed by atoms with Gasteiger partial charge in [-0.3, -0.25) is 9.69 Å². The first kappa shape index (κ1) is 20.1. The molecule has 2 rings (SSSR count). The van der Waals surface area contributed by atoms with Gasteiger partial charge < -0.3 is 5.32 Å². The van der Waals surface area contributed by atoms with Crippen molar-refractivity contribution in [3.05, 3.63) is 60.2 Å². The van der Waals surface area contributed by atoms with Crippen LogP contribution in [0.4, 0.5) is 5.69 Å². The van der Waals surface area contributed by atoms with Gasteiger partial charge in [0.25, 0.3) is 0 Å². The van der Waals surface area contributed by atoms with Crippen LogP contribution in [0.25, 0.3) is 0 Å². The highest BCUT2D eigenvalue weighted by Gasteiger charge is 2.17. The molecule has 0 fully saturated rings. The summed E-state index contributed by atoms with van der Waals surface area (Å²) in [6.07, 6.45) is 0. The second-order valence-electron chi connectivity index (χ2n) is 6.15. The molecule has 0 saturated heterocycles. The Morgan fingerprint density at radius 2 is 1.62 bits per heavy atom. The van der Waals surface area contributed by atoms with Gasteiger partial charge >= 0.3 is 0 Å². The maximum absolute atomic E-state index is 12.3. The molecule has 140 valence electrons. The van der Waals surface area contributed by atoms with Crippen LogP contribution in [-0.2, 0) is 21.4 Å².